The summed E-state index contributed by atoms with van der Waals surface area (Å²) < 4.78 is 0. The van der Waals surface area contributed by atoms with E-state index in [4.69, 9.17) is 0 Å². The van der Waals surface area contributed by atoms with E-state index in [0.29, 0.717) is 30.8 Å². The average molecular weight is 460 g/mol. The summed E-state index contributed by atoms with van der Waals surface area (Å²) >= 11 is 0. The molecule has 3 aromatic rings. The molecule has 0 saturated carbocycles. The van der Waals surface area contributed by atoms with Crippen LogP contribution in [-0.4, -0.2) is 66.4 Å². The van der Waals surface area contributed by atoms with Gasteiger partial charge in [-0.3, -0.25) is 9.59 Å². The number of urea groups is 1. The first-order chi connectivity index (χ1) is 16.3. The SMILES string of the molecule is CN(C)CCCNC(=O)c1cccc(N2C(=O)N3CCc4c([nH]c5ccccc45)[C@@]3(C)C2=O)c1. The minimum absolute atomic E-state index is 0.221. The Morgan fingerprint density at radius 2 is 1.94 bits per heavy atom. The first-order valence-corrected chi connectivity index (χ1v) is 11.6. The second-order valence-electron chi connectivity index (χ2n) is 9.38. The monoisotopic (exact) mass is 459 g/mol. The number of amides is 4. The number of aromatic amines is 1. The lowest BCUT2D eigenvalue weighted by atomic mass is 9.87. The predicted octanol–water partition coefficient (Wildman–Crippen LogP) is 3.09. The molecule has 34 heavy (non-hydrogen) atoms. The molecule has 3 heterocycles. The van der Waals surface area contributed by atoms with Crippen LogP contribution in [-0.2, 0) is 16.8 Å². The van der Waals surface area contributed by atoms with E-state index in [-0.39, 0.29) is 17.8 Å². The van der Waals surface area contributed by atoms with Crippen LogP contribution in [0.1, 0.15) is 35.0 Å². The quantitative estimate of drug-likeness (QED) is 0.438. The molecule has 176 valence electrons. The molecular weight excluding hydrogens is 430 g/mol. The second kappa shape index (κ2) is 8.29. The van der Waals surface area contributed by atoms with Crippen molar-refractivity contribution in [3.05, 3.63) is 65.4 Å². The third kappa shape index (κ3) is 3.37. The van der Waals surface area contributed by atoms with Gasteiger partial charge in [0.2, 0.25) is 0 Å². The van der Waals surface area contributed by atoms with Gasteiger partial charge in [0.25, 0.3) is 11.8 Å². The van der Waals surface area contributed by atoms with E-state index >= 15 is 0 Å². The van der Waals surface area contributed by atoms with Crippen LogP contribution in [0.3, 0.4) is 0 Å². The molecule has 4 amide bonds. The van der Waals surface area contributed by atoms with Gasteiger partial charge in [0.05, 0.1) is 11.4 Å². The lowest BCUT2D eigenvalue weighted by molar-refractivity contribution is -0.125. The Morgan fingerprint density at radius 3 is 2.74 bits per heavy atom. The normalized spacial score (nSPS) is 19.6. The number of nitrogens with zero attached hydrogens (tertiary/aromatic N) is 3. The van der Waals surface area contributed by atoms with Gasteiger partial charge in [-0.2, -0.15) is 0 Å². The summed E-state index contributed by atoms with van der Waals surface area (Å²) in [4.78, 5) is 48.2. The lowest BCUT2D eigenvalue weighted by Crippen LogP contribution is -2.49. The molecule has 2 N–H and O–H groups in total. The molecule has 0 unspecified atom stereocenters. The number of benzene rings is 2. The Labute approximate surface area is 198 Å². The first kappa shape index (κ1) is 22.2. The topological polar surface area (TPSA) is 88.8 Å². The maximum absolute atomic E-state index is 13.8. The Kier molecular flexibility index (Phi) is 5.40. The number of aromatic nitrogens is 1. The van der Waals surface area contributed by atoms with Gasteiger partial charge >= 0.3 is 6.03 Å². The summed E-state index contributed by atoms with van der Waals surface area (Å²) in [7, 11) is 3.98. The van der Waals surface area contributed by atoms with Crippen molar-refractivity contribution in [2.24, 2.45) is 0 Å². The minimum atomic E-state index is -1.12. The van der Waals surface area contributed by atoms with Gasteiger partial charge in [0.1, 0.15) is 0 Å². The van der Waals surface area contributed by atoms with Crippen LogP contribution in [0.25, 0.3) is 10.9 Å². The molecule has 0 radical (unpaired) electrons. The fourth-order valence-electron chi connectivity index (χ4n) is 5.11. The Bertz CT molecular complexity index is 1300. The summed E-state index contributed by atoms with van der Waals surface area (Å²) in [5, 5.41) is 4.00. The molecular formula is C26H29N5O3. The van der Waals surface area contributed by atoms with Gasteiger partial charge in [-0.1, -0.05) is 24.3 Å². The summed E-state index contributed by atoms with van der Waals surface area (Å²) in [5.41, 5.74) is 2.53. The van der Waals surface area contributed by atoms with Crippen LogP contribution < -0.4 is 10.2 Å². The molecule has 1 atom stereocenters. The molecule has 1 aromatic heterocycles. The zero-order valence-electron chi connectivity index (χ0n) is 19.7. The molecule has 8 heteroatoms. The number of carbonyl (C=O) groups is 3. The zero-order valence-corrected chi connectivity index (χ0v) is 19.7. The third-order valence-electron chi connectivity index (χ3n) is 6.90. The molecule has 0 aliphatic carbocycles. The fourth-order valence-corrected chi connectivity index (χ4v) is 5.11. The highest BCUT2D eigenvalue weighted by Gasteiger charge is 2.59. The van der Waals surface area contributed by atoms with E-state index < -0.39 is 5.54 Å². The number of carbonyl (C=O) groups excluding carboxylic acids is 3. The summed E-state index contributed by atoms with van der Waals surface area (Å²) in [6.45, 7) is 3.69. The van der Waals surface area contributed by atoms with Crippen molar-refractivity contribution in [3.8, 4) is 0 Å². The van der Waals surface area contributed by atoms with E-state index in [9.17, 15) is 14.4 Å². The highest BCUT2D eigenvalue weighted by atomic mass is 16.2. The number of para-hydroxylation sites is 1. The minimum Gasteiger partial charge on any atom is -0.356 e. The molecule has 5 rings (SSSR count). The molecule has 1 saturated heterocycles. The Hall–Kier alpha value is -3.65. The maximum atomic E-state index is 13.8. The van der Waals surface area contributed by atoms with Crippen molar-refractivity contribution >= 4 is 34.4 Å². The third-order valence-corrected chi connectivity index (χ3v) is 6.90. The van der Waals surface area contributed by atoms with Gasteiger partial charge < -0.3 is 20.1 Å². The van der Waals surface area contributed by atoms with Gasteiger partial charge in [-0.15, -0.1) is 0 Å². The predicted molar refractivity (Wildman–Crippen MR) is 131 cm³/mol. The van der Waals surface area contributed by atoms with Crippen molar-refractivity contribution < 1.29 is 14.4 Å². The van der Waals surface area contributed by atoms with E-state index in [1.807, 2.05) is 45.3 Å². The lowest BCUT2D eigenvalue weighted by Gasteiger charge is -2.35. The summed E-state index contributed by atoms with van der Waals surface area (Å²) in [6.07, 6.45) is 1.51. The van der Waals surface area contributed by atoms with E-state index in [1.165, 1.54) is 4.90 Å². The number of rotatable bonds is 6. The number of hydrogen-bond donors (Lipinski definition) is 2. The van der Waals surface area contributed by atoms with E-state index in [0.717, 1.165) is 35.1 Å². The summed E-state index contributed by atoms with van der Waals surface area (Å²) in [6, 6.07) is 14.3. The molecule has 2 aromatic carbocycles. The largest absolute Gasteiger partial charge is 0.356 e. The van der Waals surface area contributed by atoms with Crippen LogP contribution >= 0.6 is 0 Å². The number of hydrogen-bond acceptors (Lipinski definition) is 4. The van der Waals surface area contributed by atoms with Gasteiger partial charge in [0, 0.05) is 29.6 Å². The van der Waals surface area contributed by atoms with E-state index in [2.05, 4.69) is 15.2 Å². The van der Waals surface area contributed by atoms with Crippen LogP contribution in [0, 0.1) is 0 Å². The standard InChI is InChI=1S/C26H29N5O3/c1-26-22-20(19-10-4-5-11-21(19)28-22)12-15-30(26)25(34)31(24(26)33)18-9-6-8-17(16-18)23(32)27-13-7-14-29(2)3/h4-6,8-11,16,28H,7,12-15H2,1-3H3,(H,27,32)/t26-/m0/s1. The Balaban J connectivity index is 1.44. The van der Waals surface area contributed by atoms with Crippen LogP contribution in [0.2, 0.25) is 0 Å². The average Bonchev–Trinajstić information content (AvgIpc) is 3.30. The smallest absolute Gasteiger partial charge is 0.332 e. The molecule has 0 bridgehead atoms. The highest BCUT2D eigenvalue weighted by molar-refractivity contribution is 6.24. The van der Waals surface area contributed by atoms with Gasteiger partial charge in [0.15, 0.2) is 5.54 Å². The van der Waals surface area contributed by atoms with E-state index in [1.54, 1.807) is 29.2 Å². The number of nitrogens with one attached hydrogen (secondary N) is 2. The van der Waals surface area contributed by atoms with Crippen molar-refractivity contribution in [1.82, 2.24) is 20.1 Å². The van der Waals surface area contributed by atoms with Crippen LogP contribution in [0.4, 0.5) is 10.5 Å². The van der Waals surface area contributed by atoms with Crippen molar-refractivity contribution in [1.29, 1.82) is 0 Å². The number of imide groups is 1. The second-order valence-corrected chi connectivity index (χ2v) is 9.38. The van der Waals surface area contributed by atoms with Gasteiger partial charge in [-0.25, -0.2) is 9.69 Å². The zero-order chi connectivity index (χ0) is 24.0. The number of fused-ring (bicyclic) bond motifs is 5. The van der Waals surface area contributed by atoms with Crippen molar-refractivity contribution in [2.75, 3.05) is 38.6 Å². The Morgan fingerprint density at radius 1 is 1.15 bits per heavy atom. The maximum Gasteiger partial charge on any atom is 0.332 e. The number of H-pyrrole nitrogens is 1. The summed E-state index contributed by atoms with van der Waals surface area (Å²) in [5.74, 6) is -0.532. The molecule has 1 fully saturated rings. The van der Waals surface area contributed by atoms with Crippen LogP contribution in [0.15, 0.2) is 48.5 Å². The van der Waals surface area contributed by atoms with Crippen LogP contribution in [0.5, 0.6) is 0 Å². The first-order valence-electron chi connectivity index (χ1n) is 11.6. The highest BCUT2D eigenvalue weighted by Crippen LogP contribution is 2.45. The molecule has 2 aliphatic heterocycles. The number of anilines is 1. The molecule has 0 spiro atoms. The fraction of sp³-hybridized carbons (Fsp3) is 0.346. The van der Waals surface area contributed by atoms with Gasteiger partial charge in [-0.05, 0) is 70.2 Å². The van der Waals surface area contributed by atoms with Crippen molar-refractivity contribution in [3.63, 3.8) is 0 Å². The molecule has 2 aliphatic rings. The molecule has 8 nitrogen and oxygen atoms in total. The van der Waals surface area contributed by atoms with Crippen molar-refractivity contribution in [2.45, 2.75) is 25.3 Å².